The molecule has 0 bridgehead atoms. The molecule has 0 amide bonds. The van der Waals surface area contributed by atoms with Crippen LogP contribution in [0.5, 0.6) is 0 Å². The molecule has 112 valence electrons. The van der Waals surface area contributed by atoms with Crippen LogP contribution in [-0.2, 0) is 0 Å². The Bertz CT molecular complexity index is 662. The zero-order valence-corrected chi connectivity index (χ0v) is 13.1. The number of rotatable bonds is 4. The van der Waals surface area contributed by atoms with Crippen LogP contribution < -0.4 is 5.32 Å². The van der Waals surface area contributed by atoms with Gasteiger partial charge in [0.25, 0.3) is 0 Å². The summed E-state index contributed by atoms with van der Waals surface area (Å²) in [7, 11) is 0. The van der Waals surface area contributed by atoms with Crippen LogP contribution >= 0.6 is 11.6 Å². The fourth-order valence-corrected chi connectivity index (χ4v) is 2.92. The maximum atomic E-state index is 6.59. The number of allylic oxidation sites excluding steroid dienone is 2. The van der Waals surface area contributed by atoms with Gasteiger partial charge in [-0.05, 0) is 43.5 Å². The van der Waals surface area contributed by atoms with Crippen LogP contribution in [0.3, 0.4) is 0 Å². The number of nitrogens with one attached hydrogen (secondary N) is 1. The molecular formula is C19H19ClN2. The van der Waals surface area contributed by atoms with Gasteiger partial charge < -0.3 is 5.32 Å². The van der Waals surface area contributed by atoms with Gasteiger partial charge in [-0.2, -0.15) is 0 Å². The van der Waals surface area contributed by atoms with Crippen molar-refractivity contribution in [1.29, 1.82) is 0 Å². The minimum absolute atomic E-state index is 0.196. The summed E-state index contributed by atoms with van der Waals surface area (Å²) in [5.41, 5.74) is 3.16. The third kappa shape index (κ3) is 3.77. The molecule has 1 aliphatic rings. The number of nitrogens with zero attached hydrogens (tertiary/aromatic N) is 1. The van der Waals surface area contributed by atoms with Gasteiger partial charge in [0.1, 0.15) is 0 Å². The molecule has 0 aliphatic heterocycles. The zero-order valence-electron chi connectivity index (χ0n) is 12.4. The Morgan fingerprint density at radius 2 is 1.68 bits per heavy atom. The van der Waals surface area contributed by atoms with E-state index >= 15 is 0 Å². The second-order valence-electron chi connectivity index (χ2n) is 5.43. The first-order chi connectivity index (χ1) is 10.8. The largest absolute Gasteiger partial charge is 0.358 e. The van der Waals surface area contributed by atoms with E-state index in [1.807, 2.05) is 54.7 Å². The highest BCUT2D eigenvalue weighted by Gasteiger charge is 2.20. The minimum Gasteiger partial charge on any atom is -0.358 e. The molecule has 1 N–H and O–H groups in total. The van der Waals surface area contributed by atoms with Crippen molar-refractivity contribution >= 4 is 29.2 Å². The lowest BCUT2D eigenvalue weighted by Gasteiger charge is -2.23. The molecule has 1 aliphatic carbocycles. The fourth-order valence-electron chi connectivity index (χ4n) is 2.62. The number of hydrogen-bond donors (Lipinski definition) is 1. The Morgan fingerprint density at radius 3 is 2.41 bits per heavy atom. The van der Waals surface area contributed by atoms with Crippen molar-refractivity contribution < 1.29 is 0 Å². The summed E-state index contributed by atoms with van der Waals surface area (Å²) in [5, 5.41) is 4.33. The van der Waals surface area contributed by atoms with E-state index in [1.165, 1.54) is 0 Å². The van der Waals surface area contributed by atoms with Crippen LogP contribution in [0.25, 0.3) is 0 Å². The molecular weight excluding hydrogens is 292 g/mol. The summed E-state index contributed by atoms with van der Waals surface area (Å²) < 4.78 is 0. The quantitative estimate of drug-likeness (QED) is 0.714. The van der Waals surface area contributed by atoms with Crippen molar-refractivity contribution in [1.82, 2.24) is 0 Å². The molecule has 0 radical (unpaired) electrons. The van der Waals surface area contributed by atoms with Gasteiger partial charge in [0.05, 0.1) is 5.69 Å². The summed E-state index contributed by atoms with van der Waals surface area (Å²) in [6, 6.07) is 20.1. The molecule has 2 aromatic carbocycles. The molecule has 0 aromatic heterocycles. The monoisotopic (exact) mass is 310 g/mol. The maximum absolute atomic E-state index is 6.59. The van der Waals surface area contributed by atoms with E-state index in [2.05, 4.69) is 22.4 Å². The van der Waals surface area contributed by atoms with Gasteiger partial charge >= 0.3 is 0 Å². The van der Waals surface area contributed by atoms with Gasteiger partial charge in [-0.25, -0.2) is 0 Å². The highest BCUT2D eigenvalue weighted by atomic mass is 35.5. The number of para-hydroxylation sites is 2. The lowest BCUT2D eigenvalue weighted by atomic mass is 9.94. The van der Waals surface area contributed by atoms with E-state index in [0.29, 0.717) is 0 Å². The molecule has 2 aromatic rings. The van der Waals surface area contributed by atoms with Crippen LogP contribution in [0.2, 0.25) is 0 Å². The average Bonchev–Trinajstić information content (AvgIpc) is 2.58. The number of benzene rings is 2. The summed E-state index contributed by atoms with van der Waals surface area (Å²) in [5.74, 6) is 0.196. The van der Waals surface area contributed by atoms with Crippen molar-refractivity contribution in [3.8, 4) is 0 Å². The van der Waals surface area contributed by atoms with Crippen molar-refractivity contribution in [3.63, 3.8) is 0 Å². The van der Waals surface area contributed by atoms with Crippen molar-refractivity contribution in [2.75, 3.05) is 5.32 Å². The molecule has 0 heterocycles. The normalized spacial score (nSPS) is 18.7. The van der Waals surface area contributed by atoms with Gasteiger partial charge in [0.15, 0.2) is 0 Å². The predicted molar refractivity (Wildman–Crippen MR) is 94.9 cm³/mol. The lowest BCUT2D eigenvalue weighted by molar-refractivity contribution is 0.633. The zero-order chi connectivity index (χ0) is 15.2. The second kappa shape index (κ2) is 7.28. The Kier molecular flexibility index (Phi) is 4.92. The van der Waals surface area contributed by atoms with Gasteiger partial charge in [0, 0.05) is 28.5 Å². The van der Waals surface area contributed by atoms with Crippen LogP contribution in [-0.4, -0.2) is 6.21 Å². The van der Waals surface area contributed by atoms with E-state index in [-0.39, 0.29) is 5.92 Å². The summed E-state index contributed by atoms with van der Waals surface area (Å²) >= 11 is 6.59. The van der Waals surface area contributed by atoms with Crippen molar-refractivity contribution in [2.24, 2.45) is 10.9 Å². The van der Waals surface area contributed by atoms with Crippen LogP contribution in [0.1, 0.15) is 19.3 Å². The van der Waals surface area contributed by atoms with Crippen molar-refractivity contribution in [2.45, 2.75) is 19.3 Å². The molecule has 22 heavy (non-hydrogen) atoms. The third-order valence-corrected chi connectivity index (χ3v) is 4.29. The Labute approximate surface area is 136 Å². The number of aliphatic imine (C=N–C) groups is 1. The molecule has 0 saturated carbocycles. The minimum atomic E-state index is 0.196. The SMILES string of the molecule is ClC1=C(Nc2ccccc2)CCCC1C=Nc1ccccc1. The number of anilines is 1. The topological polar surface area (TPSA) is 24.4 Å². The Morgan fingerprint density at radius 1 is 1.00 bits per heavy atom. The molecule has 2 nitrogen and oxygen atoms in total. The standard InChI is InChI=1S/C19H19ClN2/c20-19-15(14-21-16-9-3-1-4-10-16)8-7-13-18(19)22-17-11-5-2-6-12-17/h1-6,9-12,14-15,22H,7-8,13H2. The van der Waals surface area contributed by atoms with Crippen LogP contribution in [0, 0.1) is 5.92 Å². The van der Waals surface area contributed by atoms with E-state index in [1.54, 1.807) is 0 Å². The highest BCUT2D eigenvalue weighted by Crippen LogP contribution is 2.33. The first-order valence-corrected chi connectivity index (χ1v) is 8.00. The smallest absolute Gasteiger partial charge is 0.0625 e. The van der Waals surface area contributed by atoms with E-state index < -0.39 is 0 Å². The highest BCUT2D eigenvalue weighted by molar-refractivity contribution is 6.31. The van der Waals surface area contributed by atoms with Gasteiger partial charge in [0.2, 0.25) is 0 Å². The third-order valence-electron chi connectivity index (χ3n) is 3.78. The molecule has 1 unspecified atom stereocenters. The second-order valence-corrected chi connectivity index (χ2v) is 5.84. The summed E-state index contributed by atoms with van der Waals surface area (Å²) in [6.07, 6.45) is 5.14. The maximum Gasteiger partial charge on any atom is 0.0625 e. The predicted octanol–water partition coefficient (Wildman–Crippen LogP) is 5.75. The Balaban J connectivity index is 1.75. The summed E-state index contributed by atoms with van der Waals surface area (Å²) in [4.78, 5) is 4.55. The van der Waals surface area contributed by atoms with E-state index in [0.717, 1.165) is 41.4 Å². The van der Waals surface area contributed by atoms with E-state index in [4.69, 9.17) is 11.6 Å². The molecule has 0 spiro atoms. The average molecular weight is 311 g/mol. The van der Waals surface area contributed by atoms with Crippen LogP contribution in [0.4, 0.5) is 11.4 Å². The molecule has 1 atom stereocenters. The molecule has 3 rings (SSSR count). The molecule has 0 fully saturated rings. The molecule has 0 saturated heterocycles. The van der Waals surface area contributed by atoms with Gasteiger partial charge in [-0.3, -0.25) is 4.99 Å². The fraction of sp³-hybridized carbons (Fsp3) is 0.211. The van der Waals surface area contributed by atoms with Gasteiger partial charge in [-0.1, -0.05) is 48.0 Å². The summed E-state index contributed by atoms with van der Waals surface area (Å²) in [6.45, 7) is 0. The first kappa shape index (κ1) is 14.9. The Hall–Kier alpha value is -2.06. The van der Waals surface area contributed by atoms with Crippen molar-refractivity contribution in [3.05, 3.63) is 71.4 Å². The van der Waals surface area contributed by atoms with Crippen LogP contribution in [0.15, 0.2) is 76.4 Å². The first-order valence-electron chi connectivity index (χ1n) is 7.63. The lowest BCUT2D eigenvalue weighted by Crippen LogP contribution is -2.15. The van der Waals surface area contributed by atoms with E-state index in [9.17, 15) is 0 Å². The van der Waals surface area contributed by atoms with Gasteiger partial charge in [-0.15, -0.1) is 0 Å². The number of halogens is 1. The number of hydrogen-bond acceptors (Lipinski definition) is 2. The molecule has 3 heteroatoms.